The first-order valence-electron chi connectivity index (χ1n) is 9.90. The van der Waals surface area contributed by atoms with Crippen LogP contribution in [0.4, 0.5) is 5.82 Å². The van der Waals surface area contributed by atoms with Crippen LogP contribution in [0.3, 0.4) is 0 Å². The van der Waals surface area contributed by atoms with E-state index in [-0.39, 0.29) is 0 Å². The predicted molar refractivity (Wildman–Crippen MR) is 107 cm³/mol. The molecule has 3 aromatic rings. The van der Waals surface area contributed by atoms with Gasteiger partial charge in [0.05, 0.1) is 23.1 Å². The fraction of sp³-hybridized carbons (Fsp3) is 0.429. The third-order valence-corrected chi connectivity index (χ3v) is 5.83. The molecule has 1 aromatic carbocycles. The molecule has 2 aliphatic heterocycles. The van der Waals surface area contributed by atoms with Gasteiger partial charge in [0.1, 0.15) is 0 Å². The summed E-state index contributed by atoms with van der Waals surface area (Å²) in [6.45, 7) is 6.04. The Bertz CT molecular complexity index is 967. The van der Waals surface area contributed by atoms with Crippen molar-refractivity contribution < 1.29 is 4.79 Å². The normalized spacial score (nSPS) is 18.7. The third kappa shape index (κ3) is 3.04. The lowest BCUT2D eigenvalue weighted by Crippen LogP contribution is -2.50. The van der Waals surface area contributed by atoms with Gasteiger partial charge >= 0.3 is 0 Å². The van der Waals surface area contributed by atoms with Crippen LogP contribution >= 0.6 is 0 Å². The lowest BCUT2D eigenvalue weighted by Gasteiger charge is -2.36. The number of nitrogens with zero attached hydrogens (tertiary/aromatic N) is 5. The number of hydrogen-bond acceptors (Lipinski definition) is 4. The van der Waals surface area contributed by atoms with Crippen LogP contribution in [-0.2, 0) is 4.79 Å². The molecule has 0 spiro atoms. The van der Waals surface area contributed by atoms with Gasteiger partial charge in [-0.1, -0.05) is 12.1 Å². The Kier molecular flexibility index (Phi) is 4.20. The van der Waals surface area contributed by atoms with Crippen molar-refractivity contribution in [2.45, 2.75) is 12.8 Å². The monoisotopic (exact) mass is 363 g/mol. The fourth-order valence-electron chi connectivity index (χ4n) is 4.32. The zero-order valence-electron chi connectivity index (χ0n) is 15.5. The van der Waals surface area contributed by atoms with Gasteiger partial charge in [0.15, 0.2) is 5.82 Å². The van der Waals surface area contributed by atoms with Crippen LogP contribution in [0.15, 0.2) is 42.6 Å². The summed E-state index contributed by atoms with van der Waals surface area (Å²) in [4.78, 5) is 24.0. The number of benzene rings is 1. The Labute approximate surface area is 159 Å². The van der Waals surface area contributed by atoms with Gasteiger partial charge in [0, 0.05) is 45.5 Å². The van der Waals surface area contributed by atoms with Gasteiger partial charge < -0.3 is 14.2 Å². The molecule has 2 aliphatic rings. The number of hydrogen-bond donors (Lipinski definition) is 0. The summed E-state index contributed by atoms with van der Waals surface area (Å²) in [5.74, 6) is 1.34. The van der Waals surface area contributed by atoms with Gasteiger partial charge in [0.25, 0.3) is 0 Å². The van der Waals surface area contributed by atoms with E-state index in [0.29, 0.717) is 12.5 Å². The van der Waals surface area contributed by atoms with Gasteiger partial charge in [-0.2, -0.15) is 0 Å². The molecule has 140 valence electrons. The standard InChI is InChI=1S/C21H25N5O/c27-20(24-9-3-4-10-24)16-23-12-14-25(15-13-23)21-19-8-5-11-26(19)18-7-2-1-6-17(18)22-21/h1-2,5-8,11H,3-4,9-10,12-16H2. The predicted octanol–water partition coefficient (Wildman–Crippen LogP) is 2.23. The van der Waals surface area contributed by atoms with Gasteiger partial charge in [0.2, 0.25) is 5.91 Å². The van der Waals surface area contributed by atoms with E-state index in [0.717, 1.165) is 74.5 Å². The molecular weight excluding hydrogens is 338 g/mol. The van der Waals surface area contributed by atoms with Crippen molar-refractivity contribution in [3.63, 3.8) is 0 Å². The van der Waals surface area contributed by atoms with Crippen LogP contribution in [0.2, 0.25) is 0 Å². The number of piperazine rings is 1. The van der Waals surface area contributed by atoms with Gasteiger partial charge in [-0.25, -0.2) is 4.98 Å². The Hall–Kier alpha value is -2.60. The molecular formula is C21H25N5O. The molecule has 0 aliphatic carbocycles. The minimum absolute atomic E-state index is 0.291. The molecule has 0 unspecified atom stereocenters. The maximum Gasteiger partial charge on any atom is 0.236 e. The molecule has 5 rings (SSSR count). The van der Waals surface area contributed by atoms with Crippen molar-refractivity contribution in [3.8, 4) is 0 Å². The zero-order valence-corrected chi connectivity index (χ0v) is 15.5. The summed E-state index contributed by atoms with van der Waals surface area (Å²) in [6.07, 6.45) is 4.41. The van der Waals surface area contributed by atoms with Gasteiger partial charge in [-0.15, -0.1) is 0 Å². The minimum Gasteiger partial charge on any atom is -0.352 e. The topological polar surface area (TPSA) is 44.1 Å². The van der Waals surface area contributed by atoms with E-state index in [1.165, 1.54) is 0 Å². The SMILES string of the molecule is O=C(CN1CCN(c2nc3ccccc3n3cccc23)CC1)N1CCCC1. The molecule has 6 nitrogen and oxygen atoms in total. The molecule has 4 heterocycles. The van der Waals surface area contributed by atoms with E-state index >= 15 is 0 Å². The molecule has 2 fully saturated rings. The van der Waals surface area contributed by atoms with Crippen molar-refractivity contribution in [2.75, 3.05) is 50.7 Å². The van der Waals surface area contributed by atoms with Crippen molar-refractivity contribution in [1.82, 2.24) is 19.2 Å². The van der Waals surface area contributed by atoms with E-state index in [4.69, 9.17) is 4.98 Å². The van der Waals surface area contributed by atoms with Crippen LogP contribution in [0.5, 0.6) is 0 Å². The maximum absolute atomic E-state index is 12.4. The number of carbonyl (C=O) groups excluding carboxylic acids is 1. The van der Waals surface area contributed by atoms with E-state index < -0.39 is 0 Å². The van der Waals surface area contributed by atoms with E-state index in [9.17, 15) is 4.79 Å². The highest BCUT2D eigenvalue weighted by Gasteiger charge is 2.25. The second-order valence-electron chi connectivity index (χ2n) is 7.54. The van der Waals surface area contributed by atoms with E-state index in [1.807, 2.05) is 11.0 Å². The molecule has 0 N–H and O–H groups in total. The quantitative estimate of drug-likeness (QED) is 0.716. The summed E-state index contributed by atoms with van der Waals surface area (Å²) < 4.78 is 2.22. The molecule has 0 saturated carbocycles. The Morgan fingerprint density at radius 3 is 2.44 bits per heavy atom. The minimum atomic E-state index is 0.291. The Morgan fingerprint density at radius 2 is 1.63 bits per heavy atom. The number of para-hydroxylation sites is 2. The summed E-state index contributed by atoms with van der Waals surface area (Å²) >= 11 is 0. The van der Waals surface area contributed by atoms with Gasteiger partial charge in [-0.05, 0) is 37.1 Å². The highest BCUT2D eigenvalue weighted by molar-refractivity contribution is 5.85. The van der Waals surface area contributed by atoms with Crippen molar-refractivity contribution in [1.29, 1.82) is 0 Å². The molecule has 2 aromatic heterocycles. The van der Waals surface area contributed by atoms with Crippen molar-refractivity contribution in [3.05, 3.63) is 42.6 Å². The molecule has 6 heteroatoms. The summed E-state index contributed by atoms with van der Waals surface area (Å²) in [7, 11) is 0. The Balaban J connectivity index is 1.33. The number of carbonyl (C=O) groups is 1. The lowest BCUT2D eigenvalue weighted by atomic mass is 10.2. The van der Waals surface area contributed by atoms with Crippen molar-refractivity contribution in [2.24, 2.45) is 0 Å². The summed E-state index contributed by atoms with van der Waals surface area (Å²) in [6, 6.07) is 12.5. The number of aromatic nitrogens is 2. The van der Waals surface area contributed by atoms with Crippen LogP contribution in [0, 0.1) is 0 Å². The molecule has 0 bridgehead atoms. The number of rotatable bonds is 3. The first kappa shape index (κ1) is 16.6. The second kappa shape index (κ2) is 6.85. The summed E-state index contributed by atoms with van der Waals surface area (Å²) in [5, 5.41) is 0. The van der Waals surface area contributed by atoms with E-state index in [2.05, 4.69) is 50.7 Å². The fourth-order valence-corrected chi connectivity index (χ4v) is 4.32. The highest BCUT2D eigenvalue weighted by Crippen LogP contribution is 2.26. The number of amides is 1. The van der Waals surface area contributed by atoms with Crippen LogP contribution in [0.25, 0.3) is 16.6 Å². The first-order valence-corrected chi connectivity index (χ1v) is 9.90. The molecule has 2 saturated heterocycles. The van der Waals surface area contributed by atoms with Crippen LogP contribution in [-0.4, -0.2) is 70.9 Å². The lowest BCUT2D eigenvalue weighted by molar-refractivity contribution is -0.131. The average Bonchev–Trinajstić information content (AvgIpc) is 3.40. The number of likely N-dealkylation sites (tertiary alicyclic amines) is 1. The smallest absolute Gasteiger partial charge is 0.236 e. The number of anilines is 1. The van der Waals surface area contributed by atoms with Crippen LogP contribution in [0.1, 0.15) is 12.8 Å². The van der Waals surface area contributed by atoms with Crippen LogP contribution < -0.4 is 4.90 Å². The highest BCUT2D eigenvalue weighted by atomic mass is 16.2. The van der Waals surface area contributed by atoms with Gasteiger partial charge in [-0.3, -0.25) is 9.69 Å². The molecule has 0 radical (unpaired) electrons. The average molecular weight is 363 g/mol. The van der Waals surface area contributed by atoms with Crippen molar-refractivity contribution >= 4 is 28.3 Å². The summed E-state index contributed by atoms with van der Waals surface area (Å²) in [5.41, 5.74) is 3.30. The van der Waals surface area contributed by atoms with E-state index in [1.54, 1.807) is 0 Å². The second-order valence-corrected chi connectivity index (χ2v) is 7.54. The molecule has 27 heavy (non-hydrogen) atoms. The largest absolute Gasteiger partial charge is 0.352 e. The maximum atomic E-state index is 12.4. The number of fused-ring (bicyclic) bond motifs is 3. The first-order chi connectivity index (χ1) is 13.3. The Morgan fingerprint density at radius 1 is 0.889 bits per heavy atom. The zero-order chi connectivity index (χ0) is 18.2. The third-order valence-electron chi connectivity index (χ3n) is 5.83. The molecule has 1 amide bonds. The molecule has 0 atom stereocenters.